The molecule has 0 amide bonds. The highest BCUT2D eigenvalue weighted by Crippen LogP contribution is 2.29. The van der Waals surface area contributed by atoms with Crippen molar-refractivity contribution in [2.75, 3.05) is 12.3 Å². The van der Waals surface area contributed by atoms with Crippen LogP contribution < -0.4 is 0 Å². The summed E-state index contributed by atoms with van der Waals surface area (Å²) >= 11 is 7.03. The molecule has 1 heterocycles. The van der Waals surface area contributed by atoms with Crippen LogP contribution in [0.2, 0.25) is 5.02 Å². The highest BCUT2D eigenvalue weighted by molar-refractivity contribution is 8.01. The maximum Gasteiger partial charge on any atom is 0.244 e. The second kappa shape index (κ2) is 4.97. The predicted molar refractivity (Wildman–Crippen MR) is 67.3 cm³/mol. The van der Waals surface area contributed by atoms with Gasteiger partial charge in [-0.15, -0.1) is 11.8 Å². The Balaban J connectivity index is 2.39. The molecule has 0 unspecified atom stereocenters. The summed E-state index contributed by atoms with van der Waals surface area (Å²) in [7, 11) is -3.66. The molecule has 1 saturated heterocycles. The van der Waals surface area contributed by atoms with Crippen LogP contribution in [0.4, 0.5) is 0 Å². The third kappa shape index (κ3) is 2.49. The lowest BCUT2D eigenvalue weighted by Crippen LogP contribution is -2.35. The van der Waals surface area contributed by atoms with Crippen LogP contribution in [0.5, 0.6) is 0 Å². The quantitative estimate of drug-likeness (QED) is 0.847. The molecular formula is C10H9ClNO3S2. The van der Waals surface area contributed by atoms with E-state index >= 15 is 0 Å². The van der Waals surface area contributed by atoms with Gasteiger partial charge in [-0.1, -0.05) is 17.7 Å². The molecule has 17 heavy (non-hydrogen) atoms. The van der Waals surface area contributed by atoms with Crippen molar-refractivity contribution < 1.29 is 13.2 Å². The van der Waals surface area contributed by atoms with Crippen molar-refractivity contribution in [3.63, 3.8) is 0 Å². The van der Waals surface area contributed by atoms with Crippen LogP contribution in [0.3, 0.4) is 0 Å². The molecule has 1 atom stereocenters. The van der Waals surface area contributed by atoms with Crippen molar-refractivity contribution in [2.24, 2.45) is 0 Å². The zero-order chi connectivity index (χ0) is 12.5. The molecule has 1 aliphatic rings. The number of thioether (sulfide) groups is 1. The predicted octanol–water partition coefficient (Wildman–Crippen LogP) is 1.51. The second-order valence-corrected chi connectivity index (χ2v) is 6.93. The highest BCUT2D eigenvalue weighted by Gasteiger charge is 2.36. The number of rotatable bonds is 3. The van der Waals surface area contributed by atoms with Gasteiger partial charge in [-0.2, -0.15) is 4.31 Å². The van der Waals surface area contributed by atoms with Gasteiger partial charge in [-0.25, -0.2) is 8.42 Å². The summed E-state index contributed by atoms with van der Waals surface area (Å²) < 4.78 is 25.6. The van der Waals surface area contributed by atoms with Gasteiger partial charge in [0.15, 0.2) is 0 Å². The van der Waals surface area contributed by atoms with Crippen molar-refractivity contribution in [1.82, 2.24) is 4.31 Å². The van der Waals surface area contributed by atoms with Crippen LogP contribution in [-0.2, 0) is 14.8 Å². The summed E-state index contributed by atoms with van der Waals surface area (Å²) in [5.41, 5.74) is 0. The van der Waals surface area contributed by atoms with Crippen molar-refractivity contribution in [2.45, 2.75) is 10.3 Å². The van der Waals surface area contributed by atoms with E-state index in [4.69, 9.17) is 11.6 Å². The molecular weight excluding hydrogens is 282 g/mol. The number of hydrogen-bond donors (Lipinski definition) is 0. The molecule has 1 aliphatic heterocycles. The van der Waals surface area contributed by atoms with E-state index < -0.39 is 15.4 Å². The van der Waals surface area contributed by atoms with Gasteiger partial charge in [-0.05, 0) is 18.2 Å². The van der Waals surface area contributed by atoms with Crippen molar-refractivity contribution >= 4 is 39.7 Å². The zero-order valence-electron chi connectivity index (χ0n) is 8.67. The van der Waals surface area contributed by atoms with E-state index in [1.165, 1.54) is 23.9 Å². The summed E-state index contributed by atoms with van der Waals surface area (Å²) in [4.78, 5) is 10.8. The molecule has 91 valence electrons. The molecule has 1 fully saturated rings. The molecule has 2 rings (SSSR count). The summed E-state index contributed by atoms with van der Waals surface area (Å²) in [6.07, 6.45) is 1.73. The summed E-state index contributed by atoms with van der Waals surface area (Å²) in [5.74, 6) is 0.597. The Morgan fingerprint density at radius 1 is 1.47 bits per heavy atom. The SMILES string of the molecule is O=[C][C@@H]1SCCN1S(=O)(=O)c1cccc(Cl)c1. The average Bonchev–Trinajstić information content (AvgIpc) is 2.77. The first-order valence-electron chi connectivity index (χ1n) is 4.82. The number of hydrogen-bond acceptors (Lipinski definition) is 4. The number of halogens is 1. The topological polar surface area (TPSA) is 54.5 Å². The molecule has 0 aliphatic carbocycles. The molecule has 0 aromatic heterocycles. The van der Waals surface area contributed by atoms with E-state index in [9.17, 15) is 13.2 Å². The first-order valence-corrected chi connectivity index (χ1v) is 7.69. The second-order valence-electron chi connectivity index (χ2n) is 3.41. The maximum atomic E-state index is 12.2. The summed E-state index contributed by atoms with van der Waals surface area (Å²) in [6.45, 7) is 0.319. The first kappa shape index (κ1) is 12.9. The molecule has 0 spiro atoms. The van der Waals surface area contributed by atoms with E-state index in [0.717, 1.165) is 4.31 Å². The fourth-order valence-corrected chi connectivity index (χ4v) is 4.74. The normalized spacial score (nSPS) is 21.6. The lowest BCUT2D eigenvalue weighted by molar-refractivity contribution is 0.450. The lowest BCUT2D eigenvalue weighted by atomic mass is 10.4. The van der Waals surface area contributed by atoms with E-state index in [1.54, 1.807) is 18.4 Å². The van der Waals surface area contributed by atoms with Crippen LogP contribution in [0.1, 0.15) is 0 Å². The highest BCUT2D eigenvalue weighted by atomic mass is 35.5. The van der Waals surface area contributed by atoms with E-state index in [2.05, 4.69) is 0 Å². The largest absolute Gasteiger partial charge is 0.288 e. The fourth-order valence-electron chi connectivity index (χ4n) is 1.56. The van der Waals surface area contributed by atoms with Crippen molar-refractivity contribution in [1.29, 1.82) is 0 Å². The van der Waals surface area contributed by atoms with Crippen LogP contribution >= 0.6 is 23.4 Å². The van der Waals surface area contributed by atoms with Gasteiger partial charge < -0.3 is 0 Å². The summed E-state index contributed by atoms with van der Waals surface area (Å²) in [5, 5.41) is -0.400. The van der Waals surface area contributed by atoms with Gasteiger partial charge in [0.2, 0.25) is 16.3 Å². The van der Waals surface area contributed by atoms with Crippen molar-refractivity contribution in [3.8, 4) is 0 Å². The third-order valence-corrected chi connectivity index (χ3v) is 5.67. The van der Waals surface area contributed by atoms with Gasteiger partial charge in [-0.3, -0.25) is 4.79 Å². The van der Waals surface area contributed by atoms with E-state index in [1.807, 2.05) is 0 Å². The van der Waals surface area contributed by atoms with Crippen LogP contribution in [0.15, 0.2) is 29.2 Å². The van der Waals surface area contributed by atoms with Crippen LogP contribution in [0.25, 0.3) is 0 Å². The van der Waals surface area contributed by atoms with E-state index in [0.29, 0.717) is 17.3 Å². The van der Waals surface area contributed by atoms with Crippen LogP contribution in [-0.4, -0.2) is 36.7 Å². The maximum absolute atomic E-state index is 12.2. The molecule has 1 aromatic rings. The smallest absolute Gasteiger partial charge is 0.244 e. The van der Waals surface area contributed by atoms with Crippen molar-refractivity contribution in [3.05, 3.63) is 29.3 Å². The van der Waals surface area contributed by atoms with E-state index in [-0.39, 0.29) is 4.90 Å². The molecule has 0 saturated carbocycles. The third-order valence-electron chi connectivity index (χ3n) is 2.35. The van der Waals surface area contributed by atoms with Gasteiger partial charge in [0.1, 0.15) is 5.37 Å². The fraction of sp³-hybridized carbons (Fsp3) is 0.300. The average molecular weight is 291 g/mol. The summed E-state index contributed by atoms with van der Waals surface area (Å²) in [6, 6.07) is 6.01. The molecule has 4 nitrogen and oxygen atoms in total. The molecule has 7 heteroatoms. The first-order chi connectivity index (χ1) is 8.05. The zero-order valence-corrected chi connectivity index (χ0v) is 11.1. The monoisotopic (exact) mass is 290 g/mol. The van der Waals surface area contributed by atoms with Gasteiger partial charge >= 0.3 is 0 Å². The van der Waals surface area contributed by atoms with Crippen LogP contribution in [0, 0.1) is 0 Å². The van der Waals surface area contributed by atoms with Gasteiger partial charge in [0.05, 0.1) is 4.90 Å². The standard InChI is InChI=1S/C10H9ClNO3S2/c11-8-2-1-3-9(6-8)17(14,15)12-4-5-16-10(12)7-13/h1-3,6,10H,4-5H2/t10-/m0/s1. The Morgan fingerprint density at radius 3 is 2.88 bits per heavy atom. The Morgan fingerprint density at radius 2 is 2.24 bits per heavy atom. The van der Waals surface area contributed by atoms with Gasteiger partial charge in [0, 0.05) is 17.3 Å². The molecule has 1 radical (unpaired) electrons. The molecule has 1 aromatic carbocycles. The Hall–Kier alpha value is -0.560. The number of nitrogens with zero attached hydrogens (tertiary/aromatic N) is 1. The minimum atomic E-state index is -3.66. The minimum absolute atomic E-state index is 0.104. The number of carbonyl (C=O) groups excluding carboxylic acids is 1. The Labute approximate surface area is 109 Å². The number of sulfonamides is 1. The lowest BCUT2D eigenvalue weighted by Gasteiger charge is -2.18. The number of benzene rings is 1. The molecule has 0 N–H and O–H groups in total. The van der Waals surface area contributed by atoms with Gasteiger partial charge in [0.25, 0.3) is 0 Å². The molecule has 0 bridgehead atoms. The Kier molecular flexibility index (Phi) is 3.77. The Bertz CT molecular complexity index is 532. The minimum Gasteiger partial charge on any atom is -0.288 e.